The first-order valence-corrected chi connectivity index (χ1v) is 22.1. The fourth-order valence-electron chi connectivity index (χ4n) is 5.14. The number of allylic oxidation sites excluding steroid dienone is 10. The summed E-state index contributed by atoms with van der Waals surface area (Å²) in [4.78, 5) is 22.2. The minimum atomic E-state index is -4.32. The number of phosphoric ester groups is 1. The van der Waals surface area contributed by atoms with Crippen molar-refractivity contribution in [1.29, 1.82) is 0 Å². The van der Waals surface area contributed by atoms with E-state index < -0.39 is 26.0 Å². The Kier molecular flexibility index (Phi) is 37.8. The minimum Gasteiger partial charge on any atom is -0.492 e. The first-order valence-electron chi connectivity index (χ1n) is 20.6. The molecule has 0 amide bonds. The van der Waals surface area contributed by atoms with Crippen molar-refractivity contribution in [2.45, 2.75) is 167 Å². The Balaban J connectivity index is 4.35. The third-order valence-corrected chi connectivity index (χ3v) is 9.27. The van der Waals surface area contributed by atoms with Gasteiger partial charge in [0.25, 0.3) is 0 Å². The van der Waals surface area contributed by atoms with Crippen LogP contribution >= 0.6 is 7.82 Å². The molecule has 0 bridgehead atoms. The number of hydrogen-bond donors (Lipinski definition) is 3. The standard InChI is InChI=1S/C43H76NO8P/c1-3-5-7-9-11-13-15-17-18-19-21-23-25-27-29-31-37-49-42(40-52-53(47,48)51-38-36-44)39-50-43(46)35-32-34-41(45)33-30-28-26-24-22-20-16-14-12-10-8-6-4-2/h12,14,17-18,20,22,26,28,30-31,33,37,41-42,45H,3-11,13,15-16,19,21,23-25,27,29,32,34-36,38-40,44H2,1-2H3,(H,47,48)/b14-12-,18-17-,22-20-,28-26-,33-30+,37-31+/t41-,42-/m1/s1. The average Bonchev–Trinajstić information content (AvgIpc) is 3.14. The molecule has 9 nitrogen and oxygen atoms in total. The van der Waals surface area contributed by atoms with E-state index in [1.807, 2.05) is 24.3 Å². The van der Waals surface area contributed by atoms with Crippen LogP contribution in [0.2, 0.25) is 0 Å². The van der Waals surface area contributed by atoms with Gasteiger partial charge in [-0.25, -0.2) is 4.57 Å². The summed E-state index contributed by atoms with van der Waals surface area (Å²) < 4.78 is 33.0. The van der Waals surface area contributed by atoms with Gasteiger partial charge in [-0.1, -0.05) is 132 Å². The maximum absolute atomic E-state index is 12.4. The summed E-state index contributed by atoms with van der Waals surface area (Å²) in [5.41, 5.74) is 5.35. The van der Waals surface area contributed by atoms with Crippen LogP contribution in [0.15, 0.2) is 73.1 Å². The number of ether oxygens (including phenoxy) is 2. The Hall–Kier alpha value is -2.26. The number of aliphatic hydroxyl groups is 1. The van der Waals surface area contributed by atoms with E-state index in [9.17, 15) is 19.4 Å². The van der Waals surface area contributed by atoms with Gasteiger partial charge in [-0.05, 0) is 83.1 Å². The predicted octanol–water partition coefficient (Wildman–Crippen LogP) is 11.3. The number of esters is 1. The Morgan fingerprint density at radius 2 is 1.23 bits per heavy atom. The number of carbonyl (C=O) groups is 1. The summed E-state index contributed by atoms with van der Waals surface area (Å²) >= 11 is 0. The molecule has 4 N–H and O–H groups in total. The molecule has 0 aliphatic rings. The summed E-state index contributed by atoms with van der Waals surface area (Å²) in [6.07, 6.45) is 46.2. The number of hydrogen-bond acceptors (Lipinski definition) is 8. The van der Waals surface area contributed by atoms with Crippen LogP contribution in [0.3, 0.4) is 0 Å². The molecule has 0 rings (SSSR count). The van der Waals surface area contributed by atoms with E-state index in [-0.39, 0.29) is 32.8 Å². The lowest BCUT2D eigenvalue weighted by atomic mass is 10.1. The Morgan fingerprint density at radius 1 is 0.679 bits per heavy atom. The second-order valence-corrected chi connectivity index (χ2v) is 14.9. The zero-order valence-corrected chi connectivity index (χ0v) is 34.2. The molecular formula is C43H76NO8P. The molecule has 0 saturated heterocycles. The quantitative estimate of drug-likeness (QED) is 0.0140. The summed E-state index contributed by atoms with van der Waals surface area (Å²) in [7, 11) is -4.32. The molecule has 0 aromatic rings. The van der Waals surface area contributed by atoms with Crippen LogP contribution in [0.4, 0.5) is 0 Å². The van der Waals surface area contributed by atoms with Crippen molar-refractivity contribution in [3.05, 3.63) is 73.1 Å². The van der Waals surface area contributed by atoms with E-state index in [0.717, 1.165) is 44.9 Å². The Morgan fingerprint density at radius 3 is 1.89 bits per heavy atom. The lowest BCUT2D eigenvalue weighted by Gasteiger charge is -2.19. The third kappa shape index (κ3) is 39.3. The second-order valence-electron chi connectivity index (χ2n) is 13.4. The molecule has 0 aliphatic carbocycles. The topological polar surface area (TPSA) is 138 Å². The van der Waals surface area contributed by atoms with Gasteiger partial charge in [0.15, 0.2) is 6.10 Å². The van der Waals surface area contributed by atoms with Gasteiger partial charge in [0, 0.05) is 13.0 Å². The van der Waals surface area contributed by atoms with Gasteiger partial charge in [-0.15, -0.1) is 0 Å². The first-order chi connectivity index (χ1) is 25.8. The van der Waals surface area contributed by atoms with Crippen LogP contribution in [0.5, 0.6) is 0 Å². The van der Waals surface area contributed by atoms with Crippen molar-refractivity contribution in [2.24, 2.45) is 5.73 Å². The molecule has 306 valence electrons. The zero-order chi connectivity index (χ0) is 38.9. The van der Waals surface area contributed by atoms with E-state index in [1.54, 1.807) is 6.08 Å². The average molecular weight is 766 g/mol. The monoisotopic (exact) mass is 766 g/mol. The maximum atomic E-state index is 12.4. The van der Waals surface area contributed by atoms with E-state index in [1.165, 1.54) is 83.3 Å². The zero-order valence-electron chi connectivity index (χ0n) is 33.3. The molecule has 0 fully saturated rings. The highest BCUT2D eigenvalue weighted by molar-refractivity contribution is 7.47. The minimum absolute atomic E-state index is 0.0699. The van der Waals surface area contributed by atoms with Gasteiger partial charge >= 0.3 is 13.8 Å². The lowest BCUT2D eigenvalue weighted by molar-refractivity contribution is -0.147. The molecule has 0 saturated carbocycles. The van der Waals surface area contributed by atoms with E-state index in [4.69, 9.17) is 24.3 Å². The predicted molar refractivity (Wildman–Crippen MR) is 220 cm³/mol. The number of phosphoric acid groups is 1. The number of rotatable bonds is 38. The maximum Gasteiger partial charge on any atom is 0.472 e. The second kappa shape index (κ2) is 39.4. The smallest absolute Gasteiger partial charge is 0.472 e. The van der Waals surface area contributed by atoms with Crippen LogP contribution < -0.4 is 5.73 Å². The SMILES string of the molecule is CCCCC/C=C\C/C=C\C/C=C\C=C\[C@@H](O)CCCC(=O)OC[C@H](COP(=O)(O)OCCN)O/C=C/CCCCCC/C=C\CCCCCCCC. The van der Waals surface area contributed by atoms with E-state index in [2.05, 4.69) is 50.3 Å². The lowest BCUT2D eigenvalue weighted by Crippen LogP contribution is -2.25. The van der Waals surface area contributed by atoms with Crippen LogP contribution in [-0.2, 0) is 27.9 Å². The first kappa shape index (κ1) is 50.7. The van der Waals surface area contributed by atoms with E-state index in [0.29, 0.717) is 12.8 Å². The van der Waals surface area contributed by atoms with Gasteiger partial charge in [0.1, 0.15) is 6.61 Å². The summed E-state index contributed by atoms with van der Waals surface area (Å²) in [6.45, 7) is 3.93. The van der Waals surface area contributed by atoms with Crippen LogP contribution in [0, 0.1) is 0 Å². The molecule has 0 radical (unpaired) electrons. The van der Waals surface area contributed by atoms with Crippen LogP contribution in [0.25, 0.3) is 0 Å². The Bertz CT molecular complexity index is 1050. The molecule has 53 heavy (non-hydrogen) atoms. The molecule has 0 aromatic heterocycles. The van der Waals surface area contributed by atoms with Crippen LogP contribution in [-0.4, -0.2) is 54.5 Å². The van der Waals surface area contributed by atoms with Gasteiger partial charge in [-0.3, -0.25) is 13.8 Å². The molecule has 3 atom stereocenters. The molecule has 0 aliphatic heterocycles. The van der Waals surface area contributed by atoms with Crippen LogP contribution in [0.1, 0.15) is 155 Å². The fraction of sp³-hybridized carbons (Fsp3) is 0.698. The van der Waals surface area contributed by atoms with Gasteiger partial charge in [-0.2, -0.15) is 0 Å². The highest BCUT2D eigenvalue weighted by Gasteiger charge is 2.24. The van der Waals surface area contributed by atoms with Crippen molar-refractivity contribution in [3.8, 4) is 0 Å². The molecular weight excluding hydrogens is 689 g/mol. The fourth-order valence-corrected chi connectivity index (χ4v) is 5.90. The van der Waals surface area contributed by atoms with Crippen molar-refractivity contribution in [1.82, 2.24) is 0 Å². The summed E-state index contributed by atoms with van der Waals surface area (Å²) in [5, 5.41) is 10.2. The van der Waals surface area contributed by atoms with Gasteiger partial charge in [0.2, 0.25) is 0 Å². The van der Waals surface area contributed by atoms with Gasteiger partial charge in [0.05, 0.1) is 25.6 Å². The molecule has 0 aromatic carbocycles. The van der Waals surface area contributed by atoms with Crippen molar-refractivity contribution in [2.75, 3.05) is 26.4 Å². The summed E-state index contributed by atoms with van der Waals surface area (Å²) in [6, 6.07) is 0. The Labute approximate surface area is 323 Å². The summed E-state index contributed by atoms with van der Waals surface area (Å²) in [5.74, 6) is -0.454. The highest BCUT2D eigenvalue weighted by Crippen LogP contribution is 2.43. The molecule has 10 heteroatoms. The largest absolute Gasteiger partial charge is 0.492 e. The molecule has 0 heterocycles. The normalized spacial score (nSPS) is 14.8. The highest BCUT2D eigenvalue weighted by atomic mass is 31.2. The number of carbonyl (C=O) groups excluding carboxylic acids is 1. The molecule has 1 unspecified atom stereocenters. The van der Waals surface area contributed by atoms with Crippen molar-refractivity contribution >= 4 is 13.8 Å². The number of nitrogens with two attached hydrogens (primary N) is 1. The number of aliphatic hydroxyl groups excluding tert-OH is 1. The molecule has 0 spiro atoms. The third-order valence-electron chi connectivity index (χ3n) is 8.29. The van der Waals surface area contributed by atoms with Crippen molar-refractivity contribution < 1.29 is 37.9 Å². The van der Waals surface area contributed by atoms with Gasteiger partial charge < -0.3 is 25.2 Å². The number of unbranched alkanes of at least 4 members (excludes halogenated alkanes) is 14. The van der Waals surface area contributed by atoms with Crippen molar-refractivity contribution in [3.63, 3.8) is 0 Å². The van der Waals surface area contributed by atoms with E-state index >= 15 is 0 Å².